The zero-order valence-electron chi connectivity index (χ0n) is 11.6. The molecule has 0 amide bonds. The summed E-state index contributed by atoms with van der Waals surface area (Å²) in [5.74, 6) is 0.200. The molecule has 0 aliphatic carbocycles. The first-order valence-electron chi connectivity index (χ1n) is 7.18. The first-order chi connectivity index (χ1) is 10.3. The molecule has 0 unspecified atom stereocenters. The molecular weight excluding hydrogens is 280 g/mol. The zero-order chi connectivity index (χ0) is 14.2. The normalized spacial score (nSPS) is 15.2. The molecule has 0 spiro atoms. The number of carbonyl (C=O) groups excluding carboxylic acids is 1. The first kappa shape index (κ1) is 12.8. The van der Waals surface area contributed by atoms with Crippen LogP contribution < -0.4 is 0 Å². The molecule has 1 aliphatic heterocycles. The molecule has 21 heavy (non-hydrogen) atoms. The van der Waals surface area contributed by atoms with Gasteiger partial charge in [-0.3, -0.25) is 9.69 Å². The van der Waals surface area contributed by atoms with Gasteiger partial charge in [0.15, 0.2) is 5.78 Å². The quantitative estimate of drug-likeness (QED) is 0.751. The van der Waals surface area contributed by atoms with Crippen LogP contribution >= 0.6 is 11.3 Å². The van der Waals surface area contributed by atoms with Gasteiger partial charge in [0.2, 0.25) is 0 Å². The molecule has 0 atom stereocenters. The molecule has 106 valence electrons. The van der Waals surface area contributed by atoms with Crippen LogP contribution in [0.4, 0.5) is 0 Å². The number of aromatic amines is 1. The summed E-state index contributed by atoms with van der Waals surface area (Å²) in [5.41, 5.74) is 3.22. The Labute approximate surface area is 127 Å². The number of benzene rings is 1. The lowest BCUT2D eigenvalue weighted by molar-refractivity contribution is 0.0924. The molecule has 3 nitrogen and oxygen atoms in total. The minimum absolute atomic E-state index is 0.200. The number of hydrogen-bond donors (Lipinski definition) is 1. The Hall–Kier alpha value is -1.91. The van der Waals surface area contributed by atoms with Crippen LogP contribution in [0.2, 0.25) is 0 Å². The zero-order valence-corrected chi connectivity index (χ0v) is 12.5. The number of nitrogens with zero attached hydrogens (tertiary/aromatic N) is 1. The molecule has 3 heterocycles. The van der Waals surface area contributed by atoms with E-state index in [0.29, 0.717) is 6.54 Å². The Bertz CT molecular complexity index is 802. The van der Waals surface area contributed by atoms with Gasteiger partial charge in [-0.1, -0.05) is 18.2 Å². The number of carbonyl (C=O) groups is 1. The van der Waals surface area contributed by atoms with E-state index in [2.05, 4.69) is 21.3 Å². The number of para-hydroxylation sites is 1. The highest BCUT2D eigenvalue weighted by Crippen LogP contribution is 2.25. The van der Waals surface area contributed by atoms with Crippen LogP contribution in [0.15, 0.2) is 41.9 Å². The Morgan fingerprint density at radius 2 is 2.19 bits per heavy atom. The number of thiophene rings is 1. The fraction of sp³-hybridized carbons (Fsp3) is 0.235. The standard InChI is InChI=1S/C17H16N2OS/c20-16(14-9-18-15-4-2-1-3-13(14)15)11-19-7-5-17-12(10-19)6-8-21-17/h1-4,6,8-9,18H,5,7,10-11H2. The molecule has 0 bridgehead atoms. The van der Waals surface area contributed by atoms with Crippen molar-refractivity contribution in [3.63, 3.8) is 0 Å². The van der Waals surface area contributed by atoms with Gasteiger partial charge in [0, 0.05) is 40.6 Å². The number of fused-ring (bicyclic) bond motifs is 2. The van der Waals surface area contributed by atoms with Gasteiger partial charge < -0.3 is 4.98 Å². The Balaban J connectivity index is 1.54. The number of aromatic nitrogens is 1. The lowest BCUT2D eigenvalue weighted by Crippen LogP contribution is -2.34. The summed E-state index contributed by atoms with van der Waals surface area (Å²) in [7, 11) is 0. The summed E-state index contributed by atoms with van der Waals surface area (Å²) in [6, 6.07) is 10.2. The SMILES string of the molecule is O=C(CN1CCc2sccc2C1)c1c[nH]c2ccccc12. The third-order valence-electron chi connectivity index (χ3n) is 4.14. The van der Waals surface area contributed by atoms with Crippen LogP contribution in [0.5, 0.6) is 0 Å². The van der Waals surface area contributed by atoms with Crippen LogP contribution in [0, 0.1) is 0 Å². The monoisotopic (exact) mass is 296 g/mol. The maximum absolute atomic E-state index is 12.6. The third kappa shape index (κ3) is 2.30. The number of hydrogen-bond acceptors (Lipinski definition) is 3. The van der Waals surface area contributed by atoms with E-state index >= 15 is 0 Å². The molecule has 3 aromatic rings. The number of ketones is 1. The van der Waals surface area contributed by atoms with Crippen LogP contribution in [0.3, 0.4) is 0 Å². The van der Waals surface area contributed by atoms with Crippen molar-refractivity contribution >= 4 is 28.0 Å². The van der Waals surface area contributed by atoms with E-state index in [4.69, 9.17) is 0 Å². The van der Waals surface area contributed by atoms with Crippen molar-refractivity contribution in [1.29, 1.82) is 0 Å². The Kier molecular flexibility index (Phi) is 3.13. The van der Waals surface area contributed by atoms with Gasteiger partial charge in [0.05, 0.1) is 6.54 Å². The van der Waals surface area contributed by atoms with Gasteiger partial charge in [-0.05, 0) is 29.5 Å². The molecule has 1 N–H and O–H groups in total. The van der Waals surface area contributed by atoms with Crippen molar-refractivity contribution in [1.82, 2.24) is 9.88 Å². The maximum atomic E-state index is 12.6. The number of nitrogens with one attached hydrogen (secondary N) is 1. The maximum Gasteiger partial charge on any atom is 0.178 e. The van der Waals surface area contributed by atoms with E-state index in [1.54, 1.807) is 0 Å². The van der Waals surface area contributed by atoms with Crippen molar-refractivity contribution < 1.29 is 4.79 Å². The molecule has 1 aliphatic rings. The predicted molar refractivity (Wildman–Crippen MR) is 85.9 cm³/mol. The van der Waals surface area contributed by atoms with Crippen LogP contribution in [0.1, 0.15) is 20.8 Å². The smallest absolute Gasteiger partial charge is 0.178 e. The first-order valence-corrected chi connectivity index (χ1v) is 8.06. The highest BCUT2D eigenvalue weighted by Gasteiger charge is 2.21. The van der Waals surface area contributed by atoms with Crippen molar-refractivity contribution in [2.45, 2.75) is 13.0 Å². The molecule has 4 rings (SSSR count). The second-order valence-electron chi connectivity index (χ2n) is 5.50. The molecule has 4 heteroatoms. The fourth-order valence-electron chi connectivity index (χ4n) is 3.03. The average molecular weight is 296 g/mol. The summed E-state index contributed by atoms with van der Waals surface area (Å²) >= 11 is 1.83. The van der Waals surface area contributed by atoms with Gasteiger partial charge in [0.25, 0.3) is 0 Å². The fourth-order valence-corrected chi connectivity index (χ4v) is 3.92. The van der Waals surface area contributed by atoms with Crippen LogP contribution in [-0.2, 0) is 13.0 Å². The van der Waals surface area contributed by atoms with E-state index in [1.165, 1.54) is 10.4 Å². The molecule has 0 saturated heterocycles. The second-order valence-corrected chi connectivity index (χ2v) is 6.50. The summed E-state index contributed by atoms with van der Waals surface area (Å²) in [6.45, 7) is 2.37. The van der Waals surface area contributed by atoms with Crippen molar-refractivity contribution in [2.24, 2.45) is 0 Å². The predicted octanol–water partition coefficient (Wildman–Crippen LogP) is 3.47. The molecule has 2 aromatic heterocycles. The van der Waals surface area contributed by atoms with Gasteiger partial charge in [-0.15, -0.1) is 11.3 Å². The van der Waals surface area contributed by atoms with Gasteiger partial charge in [-0.25, -0.2) is 0 Å². The van der Waals surface area contributed by atoms with E-state index < -0.39 is 0 Å². The second kappa shape index (κ2) is 5.13. The largest absolute Gasteiger partial charge is 0.360 e. The van der Waals surface area contributed by atoms with Crippen LogP contribution in [0.25, 0.3) is 10.9 Å². The molecule has 0 radical (unpaired) electrons. The van der Waals surface area contributed by atoms with Crippen molar-refractivity contribution in [2.75, 3.05) is 13.1 Å². The Morgan fingerprint density at radius 3 is 3.14 bits per heavy atom. The third-order valence-corrected chi connectivity index (χ3v) is 5.17. The molecule has 0 fully saturated rings. The number of Topliss-reactive ketones (excluding diaryl/α,β-unsaturated/α-hetero) is 1. The number of H-pyrrole nitrogens is 1. The summed E-state index contributed by atoms with van der Waals surface area (Å²) in [6.07, 6.45) is 2.90. The van der Waals surface area contributed by atoms with E-state index in [9.17, 15) is 4.79 Å². The van der Waals surface area contributed by atoms with Gasteiger partial charge in [0.1, 0.15) is 0 Å². The highest BCUT2D eigenvalue weighted by molar-refractivity contribution is 7.10. The highest BCUT2D eigenvalue weighted by atomic mass is 32.1. The summed E-state index contributed by atoms with van der Waals surface area (Å²) in [4.78, 5) is 19.5. The average Bonchev–Trinajstić information content (AvgIpc) is 3.13. The topological polar surface area (TPSA) is 36.1 Å². The van der Waals surface area contributed by atoms with Gasteiger partial charge >= 0.3 is 0 Å². The summed E-state index contributed by atoms with van der Waals surface area (Å²) in [5, 5.41) is 3.17. The van der Waals surface area contributed by atoms with Crippen molar-refractivity contribution in [3.05, 3.63) is 57.9 Å². The van der Waals surface area contributed by atoms with E-state index in [1.807, 2.05) is 41.8 Å². The minimum atomic E-state index is 0.200. The Morgan fingerprint density at radius 1 is 1.29 bits per heavy atom. The van der Waals surface area contributed by atoms with Gasteiger partial charge in [-0.2, -0.15) is 0 Å². The van der Waals surface area contributed by atoms with Crippen LogP contribution in [-0.4, -0.2) is 28.8 Å². The lowest BCUT2D eigenvalue weighted by Gasteiger charge is -2.25. The molecule has 1 aromatic carbocycles. The van der Waals surface area contributed by atoms with E-state index in [-0.39, 0.29) is 5.78 Å². The molecular formula is C17H16N2OS. The minimum Gasteiger partial charge on any atom is -0.360 e. The summed E-state index contributed by atoms with van der Waals surface area (Å²) < 4.78 is 0. The number of rotatable bonds is 3. The lowest BCUT2D eigenvalue weighted by atomic mass is 10.1. The van der Waals surface area contributed by atoms with E-state index in [0.717, 1.165) is 36.0 Å². The van der Waals surface area contributed by atoms with Crippen molar-refractivity contribution in [3.8, 4) is 0 Å². The molecule has 0 saturated carbocycles.